The Morgan fingerprint density at radius 3 is 1.78 bits per heavy atom. The van der Waals surface area contributed by atoms with Crippen LogP contribution in [0.2, 0.25) is 0 Å². The molecule has 0 saturated carbocycles. The van der Waals surface area contributed by atoms with Crippen molar-refractivity contribution in [2.45, 2.75) is 97.7 Å². The molecule has 2 rings (SSSR count). The van der Waals surface area contributed by atoms with Gasteiger partial charge >= 0.3 is 0 Å². The fourth-order valence-corrected chi connectivity index (χ4v) is 3.70. The van der Waals surface area contributed by atoms with Gasteiger partial charge in [-0.15, -0.1) is 0 Å². The Labute approximate surface area is 196 Å². The summed E-state index contributed by atoms with van der Waals surface area (Å²) in [7, 11) is 0. The molecular formula is C29H44O3. The Hall–Kier alpha value is -2.00. The van der Waals surface area contributed by atoms with Crippen molar-refractivity contribution in [2.24, 2.45) is 0 Å². The van der Waals surface area contributed by atoms with Crippen LogP contribution in [0, 0.1) is 0 Å². The van der Waals surface area contributed by atoms with Gasteiger partial charge in [0, 0.05) is 6.61 Å². The predicted molar refractivity (Wildman–Crippen MR) is 136 cm³/mol. The van der Waals surface area contributed by atoms with Gasteiger partial charge in [-0.2, -0.15) is 0 Å². The second-order valence-corrected chi connectivity index (χ2v) is 8.85. The first kappa shape index (κ1) is 26.3. The van der Waals surface area contributed by atoms with Crippen LogP contribution in [0.5, 0.6) is 11.5 Å². The number of rotatable bonds is 17. The van der Waals surface area contributed by atoms with Gasteiger partial charge in [0.2, 0.25) is 0 Å². The second-order valence-electron chi connectivity index (χ2n) is 8.85. The smallest absolute Gasteiger partial charge is 0.119 e. The van der Waals surface area contributed by atoms with E-state index in [1.165, 1.54) is 43.2 Å². The summed E-state index contributed by atoms with van der Waals surface area (Å²) in [5.74, 6) is 1.87. The number of ether oxygens (including phenoxy) is 3. The minimum atomic E-state index is 0.177. The minimum Gasteiger partial charge on any atom is -0.494 e. The number of unbranched alkanes of at least 4 members (excludes halogenated alkanes) is 5. The topological polar surface area (TPSA) is 27.7 Å². The van der Waals surface area contributed by atoms with E-state index in [9.17, 15) is 0 Å². The number of benzene rings is 2. The summed E-state index contributed by atoms with van der Waals surface area (Å²) in [6.07, 6.45) is 11.3. The molecule has 32 heavy (non-hydrogen) atoms. The summed E-state index contributed by atoms with van der Waals surface area (Å²) >= 11 is 0. The van der Waals surface area contributed by atoms with E-state index in [2.05, 4.69) is 76.2 Å². The molecule has 0 bridgehead atoms. The van der Waals surface area contributed by atoms with Gasteiger partial charge in [0.25, 0.3) is 0 Å². The maximum atomic E-state index is 6.09. The Morgan fingerprint density at radius 1 is 0.594 bits per heavy atom. The van der Waals surface area contributed by atoms with E-state index < -0.39 is 0 Å². The van der Waals surface area contributed by atoms with Gasteiger partial charge in [0.05, 0.1) is 18.8 Å². The second kappa shape index (κ2) is 15.7. The molecule has 0 N–H and O–H groups in total. The van der Waals surface area contributed by atoms with Crippen LogP contribution in [0.3, 0.4) is 0 Å². The third kappa shape index (κ3) is 10.5. The Kier molecular flexibility index (Phi) is 12.9. The van der Waals surface area contributed by atoms with E-state index in [4.69, 9.17) is 14.2 Å². The highest BCUT2D eigenvalue weighted by molar-refractivity contribution is 5.64. The van der Waals surface area contributed by atoms with E-state index in [-0.39, 0.29) is 6.10 Å². The van der Waals surface area contributed by atoms with Gasteiger partial charge in [-0.25, -0.2) is 0 Å². The number of hydrogen-bond acceptors (Lipinski definition) is 3. The van der Waals surface area contributed by atoms with Crippen molar-refractivity contribution in [1.82, 2.24) is 0 Å². The monoisotopic (exact) mass is 440 g/mol. The van der Waals surface area contributed by atoms with Crippen molar-refractivity contribution in [3.63, 3.8) is 0 Å². The van der Waals surface area contributed by atoms with E-state index in [0.717, 1.165) is 50.4 Å². The highest BCUT2D eigenvalue weighted by atomic mass is 16.5. The van der Waals surface area contributed by atoms with Gasteiger partial charge in [-0.1, -0.05) is 70.2 Å². The standard InChI is InChI=1S/C29H44O3/c1-5-7-8-9-10-11-23-31-28-18-14-26(15-19-28)27-16-20-29(21-17-27)32-25(4)13-12-24(3)30-22-6-2/h14-21,24-25H,5-13,22-23H2,1-4H3/t24-,25+/m0/s1. The summed E-state index contributed by atoms with van der Waals surface area (Å²) in [5, 5.41) is 0. The summed E-state index contributed by atoms with van der Waals surface area (Å²) in [6.45, 7) is 10.3. The van der Waals surface area contributed by atoms with Gasteiger partial charge in [0.15, 0.2) is 0 Å². The lowest BCUT2D eigenvalue weighted by Crippen LogP contribution is -2.16. The lowest BCUT2D eigenvalue weighted by molar-refractivity contribution is 0.0513. The lowest BCUT2D eigenvalue weighted by atomic mass is 10.1. The molecule has 0 aliphatic heterocycles. The Balaban J connectivity index is 1.72. The van der Waals surface area contributed by atoms with Gasteiger partial charge in [0.1, 0.15) is 11.5 Å². The van der Waals surface area contributed by atoms with Crippen molar-refractivity contribution in [2.75, 3.05) is 13.2 Å². The summed E-state index contributed by atoms with van der Waals surface area (Å²) in [5.41, 5.74) is 2.38. The first-order valence-corrected chi connectivity index (χ1v) is 12.7. The first-order valence-electron chi connectivity index (χ1n) is 12.7. The van der Waals surface area contributed by atoms with Crippen LogP contribution in [0.25, 0.3) is 11.1 Å². The molecule has 2 aromatic rings. The van der Waals surface area contributed by atoms with Crippen molar-refractivity contribution in [1.29, 1.82) is 0 Å². The summed E-state index contributed by atoms with van der Waals surface area (Å²) < 4.78 is 17.7. The molecule has 0 spiro atoms. The zero-order valence-electron chi connectivity index (χ0n) is 20.8. The van der Waals surface area contributed by atoms with Crippen LogP contribution in [0.4, 0.5) is 0 Å². The summed E-state index contributed by atoms with van der Waals surface area (Å²) in [4.78, 5) is 0. The minimum absolute atomic E-state index is 0.177. The molecule has 3 nitrogen and oxygen atoms in total. The largest absolute Gasteiger partial charge is 0.494 e. The van der Waals surface area contributed by atoms with E-state index >= 15 is 0 Å². The molecule has 0 fully saturated rings. The predicted octanol–water partition coefficient (Wildman–Crippen LogP) is 8.46. The van der Waals surface area contributed by atoms with Crippen LogP contribution < -0.4 is 9.47 Å². The van der Waals surface area contributed by atoms with Gasteiger partial charge in [-0.05, 0) is 74.9 Å². The highest BCUT2D eigenvalue weighted by Gasteiger charge is 2.09. The van der Waals surface area contributed by atoms with Crippen LogP contribution in [0.1, 0.15) is 85.5 Å². The van der Waals surface area contributed by atoms with Gasteiger partial charge < -0.3 is 14.2 Å². The highest BCUT2D eigenvalue weighted by Crippen LogP contribution is 2.25. The van der Waals surface area contributed by atoms with Crippen LogP contribution in [0.15, 0.2) is 48.5 Å². The van der Waals surface area contributed by atoms with Gasteiger partial charge in [-0.3, -0.25) is 0 Å². The molecule has 3 heteroatoms. The maximum absolute atomic E-state index is 6.09. The molecule has 0 aromatic heterocycles. The SMILES string of the molecule is CCCCCCCCOc1ccc(-c2ccc(O[C@H](C)CC[C@H](C)OCCC)cc2)cc1. The molecular weight excluding hydrogens is 396 g/mol. The lowest BCUT2D eigenvalue weighted by Gasteiger charge is -2.18. The molecule has 2 aromatic carbocycles. The molecule has 0 aliphatic carbocycles. The van der Waals surface area contributed by atoms with E-state index in [1.54, 1.807) is 0 Å². The fourth-order valence-electron chi connectivity index (χ4n) is 3.70. The van der Waals surface area contributed by atoms with Crippen molar-refractivity contribution in [3.05, 3.63) is 48.5 Å². The Bertz CT molecular complexity index is 708. The van der Waals surface area contributed by atoms with Crippen LogP contribution in [-0.4, -0.2) is 25.4 Å². The van der Waals surface area contributed by atoms with Crippen LogP contribution >= 0.6 is 0 Å². The molecule has 0 radical (unpaired) electrons. The molecule has 0 unspecified atom stereocenters. The van der Waals surface area contributed by atoms with Crippen molar-refractivity contribution in [3.8, 4) is 22.6 Å². The summed E-state index contributed by atoms with van der Waals surface area (Å²) in [6, 6.07) is 16.8. The van der Waals surface area contributed by atoms with Crippen molar-refractivity contribution < 1.29 is 14.2 Å². The molecule has 2 atom stereocenters. The molecule has 0 saturated heterocycles. The van der Waals surface area contributed by atoms with Crippen LogP contribution in [-0.2, 0) is 4.74 Å². The van der Waals surface area contributed by atoms with E-state index in [0.29, 0.717) is 6.10 Å². The average Bonchev–Trinajstić information content (AvgIpc) is 2.82. The van der Waals surface area contributed by atoms with E-state index in [1.807, 2.05) is 0 Å². The average molecular weight is 441 g/mol. The quantitative estimate of drug-likeness (QED) is 0.231. The fraction of sp³-hybridized carbons (Fsp3) is 0.586. The molecule has 0 amide bonds. The maximum Gasteiger partial charge on any atom is 0.119 e. The normalized spacial score (nSPS) is 13.0. The number of hydrogen-bond donors (Lipinski definition) is 0. The zero-order valence-corrected chi connectivity index (χ0v) is 20.8. The zero-order chi connectivity index (χ0) is 23.0. The third-order valence-electron chi connectivity index (χ3n) is 5.73. The molecule has 0 aliphatic rings. The Morgan fingerprint density at radius 2 is 1.16 bits per heavy atom. The molecule has 0 heterocycles. The first-order chi connectivity index (χ1) is 15.6. The molecule has 178 valence electrons. The third-order valence-corrected chi connectivity index (χ3v) is 5.73. The van der Waals surface area contributed by atoms with Crippen molar-refractivity contribution >= 4 is 0 Å².